The van der Waals surface area contributed by atoms with Crippen molar-refractivity contribution in [1.82, 2.24) is 5.32 Å². The number of hydrogen-bond acceptors (Lipinski definition) is 2. The van der Waals surface area contributed by atoms with E-state index in [1.165, 1.54) is 12.8 Å². The van der Waals surface area contributed by atoms with Crippen LogP contribution in [-0.2, 0) is 4.79 Å². The average molecular weight is 199 g/mol. The molecule has 0 aromatic heterocycles. The second kappa shape index (κ2) is 4.78. The maximum absolute atomic E-state index is 10.9. The molecule has 0 spiro atoms. The molecular formula is C11H21NO2. The van der Waals surface area contributed by atoms with E-state index in [1.54, 1.807) is 0 Å². The smallest absolute Gasteiger partial charge is 0.320 e. The first-order valence-corrected chi connectivity index (χ1v) is 5.49. The van der Waals surface area contributed by atoms with Crippen LogP contribution in [0, 0.1) is 11.8 Å². The van der Waals surface area contributed by atoms with E-state index in [2.05, 4.69) is 12.2 Å². The predicted octanol–water partition coefficient (Wildman–Crippen LogP) is 1.87. The Kier molecular flexibility index (Phi) is 3.93. The van der Waals surface area contributed by atoms with Crippen molar-refractivity contribution in [2.45, 2.75) is 52.1 Å². The van der Waals surface area contributed by atoms with Gasteiger partial charge in [-0.25, -0.2) is 0 Å². The summed E-state index contributed by atoms with van der Waals surface area (Å²) in [6.45, 7) is 5.96. The van der Waals surface area contributed by atoms with Crippen molar-refractivity contribution in [3.05, 3.63) is 0 Å². The molecule has 0 aromatic rings. The molecular weight excluding hydrogens is 178 g/mol. The average Bonchev–Trinajstić information content (AvgIpc) is 2.82. The van der Waals surface area contributed by atoms with Crippen molar-refractivity contribution in [2.75, 3.05) is 0 Å². The maximum Gasteiger partial charge on any atom is 0.320 e. The molecule has 3 heteroatoms. The van der Waals surface area contributed by atoms with Gasteiger partial charge in [0, 0.05) is 6.04 Å². The van der Waals surface area contributed by atoms with Gasteiger partial charge in [-0.05, 0) is 25.2 Å². The molecule has 0 bridgehead atoms. The highest BCUT2D eigenvalue weighted by molar-refractivity contribution is 5.73. The van der Waals surface area contributed by atoms with Crippen LogP contribution in [0.25, 0.3) is 0 Å². The lowest BCUT2D eigenvalue weighted by molar-refractivity contribution is -0.140. The van der Waals surface area contributed by atoms with Crippen LogP contribution >= 0.6 is 0 Å². The normalized spacial score (nSPS) is 20.9. The highest BCUT2D eigenvalue weighted by Crippen LogP contribution is 2.33. The second-order valence-corrected chi connectivity index (χ2v) is 4.81. The molecule has 0 aliphatic heterocycles. The van der Waals surface area contributed by atoms with E-state index in [9.17, 15) is 4.79 Å². The third-order valence-electron chi connectivity index (χ3n) is 2.78. The number of aliphatic carboxylic acids is 1. The van der Waals surface area contributed by atoms with E-state index in [-0.39, 0.29) is 5.92 Å². The first-order valence-electron chi connectivity index (χ1n) is 5.49. The number of nitrogens with one attached hydrogen (secondary N) is 1. The molecule has 1 aliphatic carbocycles. The van der Waals surface area contributed by atoms with Crippen LogP contribution in [0.1, 0.15) is 40.0 Å². The highest BCUT2D eigenvalue weighted by Gasteiger charge is 2.27. The van der Waals surface area contributed by atoms with E-state index in [0.29, 0.717) is 6.04 Å². The van der Waals surface area contributed by atoms with Gasteiger partial charge in [-0.1, -0.05) is 26.7 Å². The van der Waals surface area contributed by atoms with Crippen molar-refractivity contribution in [3.8, 4) is 0 Å². The Labute approximate surface area is 85.9 Å². The van der Waals surface area contributed by atoms with Crippen LogP contribution in [0.3, 0.4) is 0 Å². The summed E-state index contributed by atoms with van der Waals surface area (Å²) in [5, 5.41) is 12.2. The Hall–Kier alpha value is -0.570. The number of carboxylic acids is 1. The summed E-state index contributed by atoms with van der Waals surface area (Å²) >= 11 is 0. The van der Waals surface area contributed by atoms with Gasteiger partial charge in [0.25, 0.3) is 0 Å². The molecule has 2 N–H and O–H groups in total. The largest absolute Gasteiger partial charge is 0.480 e. The Bertz CT molecular complexity index is 199. The summed E-state index contributed by atoms with van der Waals surface area (Å²) in [5.41, 5.74) is 0. The van der Waals surface area contributed by atoms with Gasteiger partial charge in [0.15, 0.2) is 0 Å². The summed E-state index contributed by atoms with van der Waals surface area (Å²) in [5.74, 6) is 0.260. The molecule has 1 fully saturated rings. The standard InChI is InChI=1S/C11H21NO2/c1-7(2)10(11(13)14)12-8(3)6-9-4-5-9/h7-10,12H,4-6H2,1-3H3,(H,13,14). The van der Waals surface area contributed by atoms with E-state index >= 15 is 0 Å². The zero-order valence-corrected chi connectivity index (χ0v) is 9.29. The fraction of sp³-hybridized carbons (Fsp3) is 0.909. The van der Waals surface area contributed by atoms with Crippen molar-refractivity contribution in [2.24, 2.45) is 11.8 Å². The first kappa shape index (κ1) is 11.5. The SMILES string of the molecule is CC(CC1CC1)NC(C(=O)O)C(C)C. The summed E-state index contributed by atoms with van der Waals surface area (Å²) in [6.07, 6.45) is 3.77. The van der Waals surface area contributed by atoms with Crippen molar-refractivity contribution >= 4 is 5.97 Å². The molecule has 82 valence electrons. The maximum atomic E-state index is 10.9. The van der Waals surface area contributed by atoms with Gasteiger partial charge in [-0.15, -0.1) is 0 Å². The van der Waals surface area contributed by atoms with Crippen LogP contribution in [0.2, 0.25) is 0 Å². The fourth-order valence-corrected chi connectivity index (χ4v) is 1.78. The van der Waals surface area contributed by atoms with E-state index in [0.717, 1.165) is 12.3 Å². The molecule has 2 atom stereocenters. The molecule has 0 heterocycles. The summed E-state index contributed by atoms with van der Waals surface area (Å²) in [7, 11) is 0. The molecule has 1 aliphatic rings. The van der Waals surface area contributed by atoms with Crippen molar-refractivity contribution in [1.29, 1.82) is 0 Å². The Morgan fingerprint density at radius 3 is 2.36 bits per heavy atom. The van der Waals surface area contributed by atoms with Crippen LogP contribution in [0.5, 0.6) is 0 Å². The molecule has 3 nitrogen and oxygen atoms in total. The number of carboxylic acid groups (broad SMARTS) is 1. The predicted molar refractivity (Wildman–Crippen MR) is 56.2 cm³/mol. The molecule has 0 aromatic carbocycles. The zero-order valence-electron chi connectivity index (χ0n) is 9.29. The summed E-state index contributed by atoms with van der Waals surface area (Å²) in [6, 6.07) is -0.0743. The lowest BCUT2D eigenvalue weighted by Crippen LogP contribution is -2.45. The van der Waals surface area contributed by atoms with Crippen molar-refractivity contribution < 1.29 is 9.90 Å². The molecule has 0 radical (unpaired) electrons. The van der Waals surface area contributed by atoms with Gasteiger partial charge < -0.3 is 10.4 Å². The third-order valence-corrected chi connectivity index (χ3v) is 2.78. The molecule has 0 saturated heterocycles. The quantitative estimate of drug-likeness (QED) is 0.686. The van der Waals surface area contributed by atoms with Gasteiger partial charge >= 0.3 is 5.97 Å². The third kappa shape index (κ3) is 3.66. The van der Waals surface area contributed by atoms with Gasteiger partial charge in [0.1, 0.15) is 6.04 Å². The first-order chi connectivity index (χ1) is 6.50. The Morgan fingerprint density at radius 2 is 2.00 bits per heavy atom. The topological polar surface area (TPSA) is 49.3 Å². The van der Waals surface area contributed by atoms with E-state index < -0.39 is 12.0 Å². The lowest BCUT2D eigenvalue weighted by atomic mass is 10.0. The van der Waals surface area contributed by atoms with Gasteiger partial charge in [-0.2, -0.15) is 0 Å². The minimum absolute atomic E-state index is 0.147. The lowest BCUT2D eigenvalue weighted by Gasteiger charge is -2.22. The fourth-order valence-electron chi connectivity index (χ4n) is 1.78. The van der Waals surface area contributed by atoms with Crippen molar-refractivity contribution in [3.63, 3.8) is 0 Å². The van der Waals surface area contributed by atoms with Crippen LogP contribution in [-0.4, -0.2) is 23.2 Å². The van der Waals surface area contributed by atoms with Gasteiger partial charge in [-0.3, -0.25) is 4.79 Å². The number of rotatable bonds is 6. The Balaban J connectivity index is 2.33. The zero-order chi connectivity index (χ0) is 10.7. The Morgan fingerprint density at radius 1 is 1.43 bits per heavy atom. The van der Waals surface area contributed by atoms with Gasteiger partial charge in [0.05, 0.1) is 0 Å². The van der Waals surface area contributed by atoms with E-state index in [1.807, 2.05) is 13.8 Å². The molecule has 0 amide bonds. The van der Waals surface area contributed by atoms with E-state index in [4.69, 9.17) is 5.11 Å². The monoisotopic (exact) mass is 199 g/mol. The molecule has 2 unspecified atom stereocenters. The summed E-state index contributed by atoms with van der Waals surface area (Å²) < 4.78 is 0. The highest BCUT2D eigenvalue weighted by atomic mass is 16.4. The van der Waals surface area contributed by atoms with Crippen LogP contribution < -0.4 is 5.32 Å². The molecule has 1 saturated carbocycles. The van der Waals surface area contributed by atoms with Crippen LogP contribution in [0.4, 0.5) is 0 Å². The van der Waals surface area contributed by atoms with Crippen LogP contribution in [0.15, 0.2) is 0 Å². The summed E-state index contributed by atoms with van der Waals surface area (Å²) in [4.78, 5) is 10.9. The second-order valence-electron chi connectivity index (χ2n) is 4.81. The molecule has 14 heavy (non-hydrogen) atoms. The minimum Gasteiger partial charge on any atom is -0.480 e. The minimum atomic E-state index is -0.734. The number of carbonyl (C=O) groups is 1. The molecule has 1 rings (SSSR count). The van der Waals surface area contributed by atoms with Gasteiger partial charge in [0.2, 0.25) is 0 Å². The number of hydrogen-bond donors (Lipinski definition) is 2.